The van der Waals surface area contributed by atoms with E-state index in [4.69, 9.17) is 0 Å². The maximum absolute atomic E-state index is 3.98. The van der Waals surface area contributed by atoms with Gasteiger partial charge in [0.2, 0.25) is 0 Å². The highest BCUT2D eigenvalue weighted by atomic mass is 14.6. The molecule has 0 spiro atoms. The van der Waals surface area contributed by atoms with Crippen LogP contribution in [0.15, 0.2) is 24.4 Å². The average molecular weight is 280 g/mol. The Kier molecular flexibility index (Phi) is 17.4. The Morgan fingerprint density at radius 2 is 1.50 bits per heavy atom. The zero-order valence-electron chi connectivity index (χ0n) is 14.9. The summed E-state index contributed by atoms with van der Waals surface area (Å²) >= 11 is 0. The van der Waals surface area contributed by atoms with Crippen molar-refractivity contribution in [3.05, 3.63) is 30.1 Å². The Balaban J connectivity index is 0. The van der Waals surface area contributed by atoms with Gasteiger partial charge in [-0.1, -0.05) is 79.7 Å². The van der Waals surface area contributed by atoms with Crippen LogP contribution < -0.4 is 0 Å². The summed E-state index contributed by atoms with van der Waals surface area (Å²) in [5, 5.41) is 0. The molecule has 0 bridgehead atoms. The molecule has 0 radical (unpaired) electrons. The highest BCUT2D eigenvalue weighted by Gasteiger charge is 2.15. The molecule has 0 atom stereocenters. The van der Waals surface area contributed by atoms with Crippen LogP contribution >= 0.6 is 0 Å². The zero-order valence-corrected chi connectivity index (χ0v) is 14.9. The quantitative estimate of drug-likeness (QED) is 0.559. The molecule has 0 amide bonds. The smallest absolute Gasteiger partial charge is 0.0372 e. The molecular weight excluding hydrogens is 242 g/mol. The maximum atomic E-state index is 3.98. The standard InChI is InChI=1S/C9H18.C6H7N.2C2H6/c1-8(2)9-6-4-3-5-7-9;1-6-4-2-3-5-7-6;2*1-2/h8-9H,3-7H2,1-2H3;2-5H,1H3;2*1-2H3. The van der Waals surface area contributed by atoms with E-state index in [1.54, 1.807) is 6.20 Å². The van der Waals surface area contributed by atoms with Gasteiger partial charge < -0.3 is 0 Å². The van der Waals surface area contributed by atoms with Crippen LogP contribution in [0.25, 0.3) is 0 Å². The molecule has 1 fully saturated rings. The topological polar surface area (TPSA) is 12.9 Å². The lowest BCUT2D eigenvalue weighted by molar-refractivity contribution is 0.279. The second-order valence-corrected chi connectivity index (χ2v) is 5.11. The van der Waals surface area contributed by atoms with E-state index in [0.29, 0.717) is 0 Å². The molecule has 0 saturated heterocycles. The van der Waals surface area contributed by atoms with Crippen LogP contribution in [0.3, 0.4) is 0 Å². The summed E-state index contributed by atoms with van der Waals surface area (Å²) in [6, 6.07) is 5.86. The van der Waals surface area contributed by atoms with E-state index in [2.05, 4.69) is 18.8 Å². The van der Waals surface area contributed by atoms with Gasteiger partial charge in [-0.3, -0.25) is 4.98 Å². The number of hydrogen-bond donors (Lipinski definition) is 0. The van der Waals surface area contributed by atoms with Crippen LogP contribution in [0, 0.1) is 18.8 Å². The first-order valence-electron chi connectivity index (χ1n) is 8.58. The zero-order chi connectivity index (χ0) is 15.8. The van der Waals surface area contributed by atoms with Crippen molar-refractivity contribution in [2.45, 2.75) is 80.6 Å². The molecule has 1 heteroatoms. The van der Waals surface area contributed by atoms with Crippen molar-refractivity contribution in [2.24, 2.45) is 11.8 Å². The Morgan fingerprint density at radius 3 is 1.75 bits per heavy atom. The number of pyridine rings is 1. The van der Waals surface area contributed by atoms with E-state index < -0.39 is 0 Å². The van der Waals surface area contributed by atoms with Crippen molar-refractivity contribution in [3.8, 4) is 0 Å². The summed E-state index contributed by atoms with van der Waals surface area (Å²) < 4.78 is 0. The Morgan fingerprint density at radius 1 is 0.950 bits per heavy atom. The molecule has 0 unspecified atom stereocenters. The van der Waals surface area contributed by atoms with Gasteiger partial charge in [-0.15, -0.1) is 0 Å². The van der Waals surface area contributed by atoms with Crippen molar-refractivity contribution in [2.75, 3.05) is 0 Å². The molecule has 2 rings (SSSR count). The van der Waals surface area contributed by atoms with Gasteiger partial charge in [-0.2, -0.15) is 0 Å². The predicted octanol–water partition coefficient (Wildman–Crippen LogP) is 6.67. The van der Waals surface area contributed by atoms with E-state index in [0.717, 1.165) is 17.5 Å². The number of nitrogens with zero attached hydrogens (tertiary/aromatic N) is 1. The fourth-order valence-electron chi connectivity index (χ4n) is 2.25. The third-order valence-electron chi connectivity index (χ3n) is 3.41. The van der Waals surface area contributed by atoms with Crippen molar-refractivity contribution >= 4 is 0 Å². The third-order valence-corrected chi connectivity index (χ3v) is 3.41. The van der Waals surface area contributed by atoms with Gasteiger partial charge in [0.15, 0.2) is 0 Å². The highest BCUT2D eigenvalue weighted by molar-refractivity contribution is 4.99. The normalized spacial score (nSPS) is 14.0. The summed E-state index contributed by atoms with van der Waals surface area (Å²) in [6.45, 7) is 14.7. The molecule has 0 aliphatic heterocycles. The second kappa shape index (κ2) is 16.2. The Labute approximate surface area is 128 Å². The molecule has 1 nitrogen and oxygen atoms in total. The summed E-state index contributed by atoms with van der Waals surface area (Å²) in [5.74, 6) is 1.99. The minimum atomic E-state index is 0.935. The van der Waals surface area contributed by atoms with Gasteiger partial charge in [0.05, 0.1) is 0 Å². The number of aryl methyl sites for hydroxylation is 1. The number of aromatic nitrogens is 1. The van der Waals surface area contributed by atoms with Crippen LogP contribution in [-0.4, -0.2) is 4.98 Å². The first kappa shape index (κ1) is 21.4. The van der Waals surface area contributed by atoms with E-state index >= 15 is 0 Å². The molecule has 1 aromatic heterocycles. The molecule has 1 aliphatic carbocycles. The molecule has 118 valence electrons. The fraction of sp³-hybridized carbons (Fsp3) is 0.737. The molecule has 1 saturated carbocycles. The lowest BCUT2D eigenvalue weighted by Crippen LogP contribution is -2.12. The van der Waals surface area contributed by atoms with Crippen LogP contribution in [-0.2, 0) is 0 Å². The summed E-state index contributed by atoms with van der Waals surface area (Å²) in [5.41, 5.74) is 1.07. The maximum Gasteiger partial charge on any atom is 0.0372 e. The average Bonchev–Trinajstić information content (AvgIpc) is 2.53. The fourth-order valence-corrected chi connectivity index (χ4v) is 2.25. The summed E-state index contributed by atoms with van der Waals surface area (Å²) in [6.07, 6.45) is 9.25. The first-order chi connectivity index (χ1) is 9.70. The molecule has 1 aliphatic rings. The first-order valence-corrected chi connectivity index (χ1v) is 8.58. The highest BCUT2D eigenvalue weighted by Crippen LogP contribution is 2.29. The lowest BCUT2D eigenvalue weighted by atomic mass is 9.82. The van der Waals surface area contributed by atoms with Crippen molar-refractivity contribution < 1.29 is 0 Å². The van der Waals surface area contributed by atoms with Crippen molar-refractivity contribution in [3.63, 3.8) is 0 Å². The van der Waals surface area contributed by atoms with Gasteiger partial charge in [-0.25, -0.2) is 0 Å². The van der Waals surface area contributed by atoms with Gasteiger partial charge in [0.25, 0.3) is 0 Å². The minimum Gasteiger partial charge on any atom is -0.262 e. The van der Waals surface area contributed by atoms with Crippen LogP contribution in [0.1, 0.15) is 79.3 Å². The van der Waals surface area contributed by atoms with E-state index in [-0.39, 0.29) is 0 Å². The molecular formula is C19H37N. The van der Waals surface area contributed by atoms with Crippen molar-refractivity contribution in [1.82, 2.24) is 4.98 Å². The second-order valence-electron chi connectivity index (χ2n) is 5.11. The van der Waals surface area contributed by atoms with E-state index in [1.807, 2.05) is 52.8 Å². The Bertz CT molecular complexity index is 260. The SMILES string of the molecule is CC.CC.CC(C)C1CCCCC1.Cc1ccccn1. The molecule has 0 N–H and O–H groups in total. The monoisotopic (exact) mass is 279 g/mol. The Hall–Kier alpha value is -0.850. The van der Waals surface area contributed by atoms with Gasteiger partial charge >= 0.3 is 0 Å². The van der Waals surface area contributed by atoms with Crippen LogP contribution in [0.4, 0.5) is 0 Å². The number of hydrogen-bond acceptors (Lipinski definition) is 1. The number of rotatable bonds is 1. The van der Waals surface area contributed by atoms with E-state index in [1.165, 1.54) is 32.1 Å². The summed E-state index contributed by atoms with van der Waals surface area (Å²) in [4.78, 5) is 3.98. The molecule has 20 heavy (non-hydrogen) atoms. The van der Waals surface area contributed by atoms with Gasteiger partial charge in [0, 0.05) is 11.9 Å². The van der Waals surface area contributed by atoms with Gasteiger partial charge in [0.1, 0.15) is 0 Å². The lowest BCUT2D eigenvalue weighted by Gasteiger charge is -2.24. The van der Waals surface area contributed by atoms with Crippen molar-refractivity contribution in [1.29, 1.82) is 0 Å². The predicted molar refractivity (Wildman–Crippen MR) is 93.1 cm³/mol. The molecule has 1 heterocycles. The third kappa shape index (κ3) is 12.2. The largest absolute Gasteiger partial charge is 0.262 e. The molecule has 1 aromatic rings. The summed E-state index contributed by atoms with van der Waals surface area (Å²) in [7, 11) is 0. The van der Waals surface area contributed by atoms with Crippen LogP contribution in [0.2, 0.25) is 0 Å². The minimum absolute atomic E-state index is 0.935. The van der Waals surface area contributed by atoms with Crippen LogP contribution in [0.5, 0.6) is 0 Å². The van der Waals surface area contributed by atoms with Gasteiger partial charge in [-0.05, 0) is 30.9 Å². The van der Waals surface area contributed by atoms with E-state index in [9.17, 15) is 0 Å². The molecule has 0 aromatic carbocycles.